The molecule has 0 aliphatic carbocycles. The van der Waals surface area contributed by atoms with Crippen molar-refractivity contribution in [1.29, 1.82) is 0 Å². The average molecular weight is 485 g/mol. The summed E-state index contributed by atoms with van der Waals surface area (Å²) in [6.45, 7) is 4.40. The Morgan fingerprint density at radius 3 is 2.44 bits per heavy atom. The largest absolute Gasteiger partial charge is 0.339 e. The summed E-state index contributed by atoms with van der Waals surface area (Å²) in [5.41, 5.74) is 2.45. The normalized spacial score (nSPS) is 19.1. The third-order valence-corrected chi connectivity index (χ3v) is 9.16. The van der Waals surface area contributed by atoms with Crippen LogP contribution in [0.2, 0.25) is 0 Å². The smallest absolute Gasteiger partial charge is 0.257 e. The van der Waals surface area contributed by atoms with Crippen molar-refractivity contribution in [2.24, 2.45) is 5.92 Å². The Hall–Kier alpha value is -2.78. The van der Waals surface area contributed by atoms with Crippen LogP contribution in [0.4, 0.5) is 4.39 Å². The number of carbonyl (C=O) groups excluding carboxylic acids is 1. The van der Waals surface area contributed by atoms with Crippen LogP contribution in [0.5, 0.6) is 0 Å². The van der Waals surface area contributed by atoms with Gasteiger partial charge >= 0.3 is 0 Å². The maximum absolute atomic E-state index is 14.1. The second-order valence-corrected chi connectivity index (χ2v) is 11.3. The van der Waals surface area contributed by atoms with Crippen molar-refractivity contribution in [3.05, 3.63) is 65.7 Å². The van der Waals surface area contributed by atoms with Gasteiger partial charge in [-0.15, -0.1) is 0 Å². The molecule has 7 nitrogen and oxygen atoms in total. The van der Waals surface area contributed by atoms with E-state index in [0.29, 0.717) is 37.4 Å². The summed E-state index contributed by atoms with van der Waals surface area (Å²) in [6, 6.07) is 9.50. The standard InChI is InChI=1S/C25H29FN4O3S/c1-18-6-11-28(12-7-18)25(31)21-17-27-30-15-10-20(16-23(21)30)19-8-13-29(14-9-19)34(32,33)24-5-3-2-4-22(24)26/h2-5,10,15-19H,6-9,11-14H2,1H3. The molecule has 0 N–H and O–H groups in total. The molecular formula is C25H29FN4O3S. The lowest BCUT2D eigenvalue weighted by Crippen LogP contribution is -2.38. The third kappa shape index (κ3) is 4.22. The van der Waals surface area contributed by atoms with Crippen LogP contribution in [0.15, 0.2) is 53.7 Å². The Bertz CT molecular complexity index is 1310. The molecule has 0 radical (unpaired) electrons. The first-order valence-corrected chi connectivity index (χ1v) is 13.3. The van der Waals surface area contributed by atoms with E-state index in [1.54, 1.807) is 10.7 Å². The lowest BCUT2D eigenvalue weighted by molar-refractivity contribution is 0.0699. The van der Waals surface area contributed by atoms with Crippen LogP contribution in [0.3, 0.4) is 0 Å². The van der Waals surface area contributed by atoms with Gasteiger partial charge in [-0.25, -0.2) is 17.3 Å². The maximum Gasteiger partial charge on any atom is 0.257 e. The molecule has 9 heteroatoms. The number of likely N-dealkylation sites (tertiary alicyclic amines) is 1. The minimum absolute atomic E-state index is 0.0184. The van der Waals surface area contributed by atoms with Crippen LogP contribution in [0, 0.1) is 11.7 Å². The zero-order chi connectivity index (χ0) is 23.9. The van der Waals surface area contributed by atoms with Crippen molar-refractivity contribution >= 4 is 21.4 Å². The van der Waals surface area contributed by atoms with Crippen molar-refractivity contribution in [1.82, 2.24) is 18.8 Å². The van der Waals surface area contributed by atoms with Crippen molar-refractivity contribution in [3.8, 4) is 0 Å². The highest BCUT2D eigenvalue weighted by atomic mass is 32.2. The fraction of sp³-hybridized carbons (Fsp3) is 0.440. The summed E-state index contributed by atoms with van der Waals surface area (Å²) >= 11 is 0. The SMILES string of the molecule is CC1CCN(C(=O)c2cnn3ccc(C4CCN(S(=O)(=O)c5ccccc5F)CC4)cc23)CC1. The number of aromatic nitrogens is 2. The number of fused-ring (bicyclic) bond motifs is 1. The summed E-state index contributed by atoms with van der Waals surface area (Å²) in [5, 5.41) is 4.37. The number of hydrogen-bond acceptors (Lipinski definition) is 4. The van der Waals surface area contributed by atoms with E-state index >= 15 is 0 Å². The minimum atomic E-state index is -3.86. The van der Waals surface area contributed by atoms with Crippen molar-refractivity contribution < 1.29 is 17.6 Å². The van der Waals surface area contributed by atoms with E-state index in [2.05, 4.69) is 12.0 Å². The molecule has 0 atom stereocenters. The van der Waals surface area contributed by atoms with Gasteiger partial charge in [0.1, 0.15) is 10.7 Å². The molecule has 3 aromatic rings. The molecule has 5 rings (SSSR count). The van der Waals surface area contributed by atoms with Gasteiger partial charge in [-0.1, -0.05) is 19.1 Å². The number of piperidine rings is 2. The highest BCUT2D eigenvalue weighted by Crippen LogP contribution is 2.32. The molecule has 2 aliphatic rings. The van der Waals surface area contributed by atoms with Gasteiger partial charge in [0.2, 0.25) is 10.0 Å². The van der Waals surface area contributed by atoms with E-state index in [9.17, 15) is 17.6 Å². The molecule has 2 aromatic heterocycles. The first kappa shape index (κ1) is 23.0. The van der Waals surface area contributed by atoms with Crippen molar-refractivity contribution in [3.63, 3.8) is 0 Å². The van der Waals surface area contributed by atoms with Crippen LogP contribution in [0.1, 0.15) is 54.4 Å². The lowest BCUT2D eigenvalue weighted by Gasteiger charge is -2.31. The number of halogens is 1. The summed E-state index contributed by atoms with van der Waals surface area (Å²) < 4.78 is 43.0. The van der Waals surface area contributed by atoms with Crippen LogP contribution < -0.4 is 0 Å². The van der Waals surface area contributed by atoms with Gasteiger partial charge in [-0.3, -0.25) is 4.79 Å². The van der Waals surface area contributed by atoms with Gasteiger partial charge in [0, 0.05) is 32.4 Å². The molecule has 4 heterocycles. The molecule has 1 amide bonds. The molecule has 0 unspecified atom stereocenters. The van der Waals surface area contributed by atoms with Crippen molar-refractivity contribution in [2.75, 3.05) is 26.2 Å². The topological polar surface area (TPSA) is 75.0 Å². The molecule has 2 fully saturated rings. The zero-order valence-corrected chi connectivity index (χ0v) is 20.0. The van der Waals surface area contributed by atoms with Gasteiger partial charge in [-0.05, 0) is 67.3 Å². The van der Waals surface area contributed by atoms with Gasteiger partial charge < -0.3 is 4.90 Å². The number of benzene rings is 1. The second-order valence-electron chi connectivity index (χ2n) is 9.43. The highest BCUT2D eigenvalue weighted by molar-refractivity contribution is 7.89. The van der Waals surface area contributed by atoms with Crippen LogP contribution >= 0.6 is 0 Å². The monoisotopic (exact) mass is 484 g/mol. The number of sulfonamides is 1. The molecule has 34 heavy (non-hydrogen) atoms. The fourth-order valence-corrected chi connectivity index (χ4v) is 6.55. The predicted molar refractivity (Wildman–Crippen MR) is 127 cm³/mol. The summed E-state index contributed by atoms with van der Waals surface area (Å²) in [5.74, 6) is 0.0967. The quantitative estimate of drug-likeness (QED) is 0.563. The van der Waals surface area contributed by atoms with Gasteiger partial charge in [0.15, 0.2) is 0 Å². The van der Waals surface area contributed by atoms with E-state index < -0.39 is 15.8 Å². The Morgan fingerprint density at radius 1 is 1.03 bits per heavy atom. The Balaban J connectivity index is 1.32. The predicted octanol–water partition coefficient (Wildman–Crippen LogP) is 3.91. The molecule has 0 bridgehead atoms. The fourth-order valence-electron chi connectivity index (χ4n) is 5.02. The second kappa shape index (κ2) is 9.11. The van der Waals surface area contributed by atoms with Crippen molar-refractivity contribution in [2.45, 2.75) is 43.4 Å². The molecule has 1 aromatic carbocycles. The summed E-state index contributed by atoms with van der Waals surface area (Å²) in [6.07, 6.45) is 6.80. The van der Waals surface area contributed by atoms with Gasteiger partial charge in [0.05, 0.1) is 17.3 Å². The number of hydrogen-bond donors (Lipinski definition) is 0. The Morgan fingerprint density at radius 2 is 1.74 bits per heavy atom. The van der Waals surface area contributed by atoms with Gasteiger partial charge in [-0.2, -0.15) is 9.40 Å². The minimum Gasteiger partial charge on any atom is -0.339 e. The maximum atomic E-state index is 14.1. The van der Waals surface area contributed by atoms with Crippen LogP contribution in [-0.4, -0.2) is 59.3 Å². The van der Waals surface area contributed by atoms with E-state index in [1.165, 1.54) is 28.6 Å². The summed E-state index contributed by atoms with van der Waals surface area (Å²) in [4.78, 5) is 14.8. The van der Waals surface area contributed by atoms with E-state index in [1.807, 2.05) is 23.2 Å². The first-order chi connectivity index (χ1) is 16.3. The Kier molecular flexibility index (Phi) is 6.16. The van der Waals surface area contributed by atoms with Crippen LogP contribution in [0.25, 0.3) is 5.52 Å². The van der Waals surface area contributed by atoms with E-state index in [0.717, 1.165) is 37.0 Å². The molecule has 2 saturated heterocycles. The number of carbonyl (C=O) groups is 1. The first-order valence-electron chi connectivity index (χ1n) is 11.9. The van der Waals surface area contributed by atoms with E-state index in [4.69, 9.17) is 0 Å². The average Bonchev–Trinajstić information content (AvgIpc) is 3.27. The number of pyridine rings is 1. The molecule has 180 valence electrons. The molecule has 2 aliphatic heterocycles. The zero-order valence-electron chi connectivity index (χ0n) is 19.2. The lowest BCUT2D eigenvalue weighted by atomic mass is 9.90. The number of nitrogens with zero attached hydrogens (tertiary/aromatic N) is 4. The van der Waals surface area contributed by atoms with E-state index in [-0.39, 0.29) is 16.7 Å². The molecular weight excluding hydrogens is 455 g/mol. The highest BCUT2D eigenvalue weighted by Gasteiger charge is 2.32. The van der Waals surface area contributed by atoms with Gasteiger partial charge in [0.25, 0.3) is 5.91 Å². The third-order valence-electron chi connectivity index (χ3n) is 7.23. The number of amides is 1. The van der Waals surface area contributed by atoms with Crippen LogP contribution in [-0.2, 0) is 10.0 Å². The Labute approximate surface area is 199 Å². The summed E-state index contributed by atoms with van der Waals surface area (Å²) in [7, 11) is -3.86. The molecule has 0 spiro atoms. The number of rotatable bonds is 4. The molecule has 0 saturated carbocycles.